The smallest absolute Gasteiger partial charge is 0.309 e. The molecule has 1 rings (SSSR count). The molecule has 0 aromatic heterocycles. The van der Waals surface area contributed by atoms with Crippen molar-refractivity contribution in [2.24, 2.45) is 5.18 Å². The van der Waals surface area contributed by atoms with Gasteiger partial charge in [0.15, 0.2) is 0 Å². The van der Waals surface area contributed by atoms with Crippen LogP contribution in [-0.2, 0) is 22.5 Å². The first-order chi connectivity index (χ1) is 7.17. The van der Waals surface area contributed by atoms with Gasteiger partial charge in [0.2, 0.25) is 0 Å². The molecule has 1 aromatic carbocycles. The Morgan fingerprint density at radius 3 is 2.80 bits per heavy atom. The summed E-state index contributed by atoms with van der Waals surface area (Å²) in [7, 11) is 1.33. The van der Waals surface area contributed by atoms with Gasteiger partial charge in [-0.05, 0) is 17.2 Å². The summed E-state index contributed by atoms with van der Waals surface area (Å²) < 4.78 is 4.52. The minimum atomic E-state index is -0.327. The Kier molecular flexibility index (Phi) is 4.24. The second kappa shape index (κ2) is 5.46. The molecular formula is C10H10ClNO3. The molecular weight excluding hydrogens is 218 g/mol. The molecule has 0 aliphatic rings. The molecule has 0 aliphatic carbocycles. The standard InChI is InChI=1S/C10H10ClNO3/c1-15-10(13)5-7-2-3-8(6-12-14)9(11)4-7/h2-4H,5-6H2,1H3. The van der Waals surface area contributed by atoms with Gasteiger partial charge < -0.3 is 4.74 Å². The number of benzene rings is 1. The van der Waals surface area contributed by atoms with Crippen LogP contribution in [0.15, 0.2) is 23.4 Å². The molecule has 0 spiro atoms. The van der Waals surface area contributed by atoms with Crippen molar-refractivity contribution < 1.29 is 9.53 Å². The Balaban J connectivity index is 2.81. The number of nitroso groups, excluding NO2 is 1. The van der Waals surface area contributed by atoms with E-state index in [1.807, 2.05) is 0 Å². The molecule has 15 heavy (non-hydrogen) atoms. The summed E-state index contributed by atoms with van der Waals surface area (Å²) in [5.41, 5.74) is 1.40. The van der Waals surface area contributed by atoms with E-state index in [4.69, 9.17) is 11.6 Å². The minimum absolute atomic E-state index is 0.0390. The normalized spacial score (nSPS) is 9.73. The molecule has 0 bridgehead atoms. The average molecular weight is 228 g/mol. The molecule has 0 amide bonds. The van der Waals surface area contributed by atoms with Gasteiger partial charge in [0.1, 0.15) is 6.54 Å². The predicted molar refractivity (Wildman–Crippen MR) is 56.7 cm³/mol. The van der Waals surface area contributed by atoms with Crippen molar-refractivity contribution in [1.29, 1.82) is 0 Å². The summed E-state index contributed by atoms with van der Waals surface area (Å²) in [5.74, 6) is -0.327. The third kappa shape index (κ3) is 3.32. The number of esters is 1. The van der Waals surface area contributed by atoms with Gasteiger partial charge in [0.25, 0.3) is 0 Å². The fourth-order valence-corrected chi connectivity index (χ4v) is 1.40. The van der Waals surface area contributed by atoms with Crippen molar-refractivity contribution in [3.05, 3.63) is 39.3 Å². The van der Waals surface area contributed by atoms with Crippen LogP contribution in [0.2, 0.25) is 5.02 Å². The predicted octanol–water partition coefficient (Wildman–Crippen LogP) is 2.32. The Morgan fingerprint density at radius 1 is 1.53 bits per heavy atom. The first kappa shape index (κ1) is 11.7. The highest BCUT2D eigenvalue weighted by atomic mass is 35.5. The summed E-state index contributed by atoms with van der Waals surface area (Å²) in [6.45, 7) is 0.0390. The maximum absolute atomic E-state index is 11.0. The van der Waals surface area contributed by atoms with E-state index in [0.29, 0.717) is 10.6 Å². The van der Waals surface area contributed by atoms with E-state index in [2.05, 4.69) is 9.91 Å². The van der Waals surface area contributed by atoms with E-state index in [1.54, 1.807) is 18.2 Å². The maximum atomic E-state index is 11.0. The summed E-state index contributed by atoms with van der Waals surface area (Å²) in [6, 6.07) is 5.05. The minimum Gasteiger partial charge on any atom is -0.469 e. The topological polar surface area (TPSA) is 55.7 Å². The van der Waals surface area contributed by atoms with E-state index in [0.717, 1.165) is 5.56 Å². The number of halogens is 1. The van der Waals surface area contributed by atoms with Crippen LogP contribution < -0.4 is 0 Å². The number of rotatable bonds is 4. The SMILES string of the molecule is COC(=O)Cc1ccc(CN=O)c(Cl)c1. The van der Waals surface area contributed by atoms with Gasteiger partial charge in [-0.1, -0.05) is 28.9 Å². The zero-order valence-corrected chi connectivity index (χ0v) is 8.95. The van der Waals surface area contributed by atoms with Crippen LogP contribution in [0.1, 0.15) is 11.1 Å². The number of carbonyl (C=O) groups excluding carboxylic acids is 1. The monoisotopic (exact) mass is 227 g/mol. The summed E-state index contributed by atoms with van der Waals surface area (Å²) in [6.07, 6.45) is 0.172. The zero-order valence-electron chi connectivity index (χ0n) is 8.20. The lowest BCUT2D eigenvalue weighted by Crippen LogP contribution is -2.04. The van der Waals surface area contributed by atoms with Crippen LogP contribution in [0.4, 0.5) is 0 Å². The molecule has 0 fully saturated rings. The van der Waals surface area contributed by atoms with Gasteiger partial charge in [-0.2, -0.15) is 4.91 Å². The average Bonchev–Trinajstić information content (AvgIpc) is 2.22. The molecule has 0 saturated carbocycles. The van der Waals surface area contributed by atoms with Crippen LogP contribution in [0.25, 0.3) is 0 Å². The molecule has 0 atom stereocenters. The Morgan fingerprint density at radius 2 is 2.27 bits per heavy atom. The fourth-order valence-electron chi connectivity index (χ4n) is 1.14. The van der Waals surface area contributed by atoms with E-state index in [-0.39, 0.29) is 18.9 Å². The van der Waals surface area contributed by atoms with Crippen LogP contribution in [0.5, 0.6) is 0 Å². The molecule has 0 saturated heterocycles. The molecule has 80 valence electrons. The molecule has 0 radical (unpaired) electrons. The summed E-state index contributed by atoms with van der Waals surface area (Å²) in [5, 5.41) is 3.19. The fraction of sp³-hybridized carbons (Fsp3) is 0.300. The van der Waals surface area contributed by atoms with Gasteiger partial charge in [-0.15, -0.1) is 0 Å². The van der Waals surface area contributed by atoms with Crippen LogP contribution in [0, 0.1) is 4.91 Å². The molecule has 0 N–H and O–H groups in total. The van der Waals surface area contributed by atoms with E-state index in [1.165, 1.54) is 7.11 Å². The van der Waals surface area contributed by atoms with Crippen molar-refractivity contribution >= 4 is 17.6 Å². The number of nitrogens with zero attached hydrogens (tertiary/aromatic N) is 1. The zero-order chi connectivity index (χ0) is 11.3. The van der Waals surface area contributed by atoms with Crippen molar-refractivity contribution in [1.82, 2.24) is 0 Å². The van der Waals surface area contributed by atoms with E-state index >= 15 is 0 Å². The van der Waals surface area contributed by atoms with Crippen LogP contribution >= 0.6 is 11.6 Å². The van der Waals surface area contributed by atoms with Crippen molar-refractivity contribution in [3.8, 4) is 0 Å². The van der Waals surface area contributed by atoms with Crippen LogP contribution in [0.3, 0.4) is 0 Å². The van der Waals surface area contributed by atoms with Crippen molar-refractivity contribution in [3.63, 3.8) is 0 Å². The van der Waals surface area contributed by atoms with E-state index < -0.39 is 0 Å². The number of hydrogen-bond acceptors (Lipinski definition) is 4. The lowest BCUT2D eigenvalue weighted by Gasteiger charge is -2.03. The number of hydrogen-bond donors (Lipinski definition) is 0. The molecule has 1 aromatic rings. The van der Waals surface area contributed by atoms with Gasteiger partial charge >= 0.3 is 5.97 Å². The maximum Gasteiger partial charge on any atom is 0.309 e. The number of methoxy groups -OCH3 is 1. The molecule has 0 unspecified atom stereocenters. The molecule has 0 aliphatic heterocycles. The van der Waals surface area contributed by atoms with Crippen molar-refractivity contribution in [2.75, 3.05) is 7.11 Å². The van der Waals surface area contributed by atoms with Gasteiger partial charge in [-0.3, -0.25) is 4.79 Å². The third-order valence-corrected chi connectivity index (χ3v) is 2.28. The molecule has 5 heteroatoms. The first-order valence-electron chi connectivity index (χ1n) is 4.30. The number of ether oxygens (including phenoxy) is 1. The van der Waals surface area contributed by atoms with Gasteiger partial charge in [0.05, 0.1) is 13.5 Å². The highest BCUT2D eigenvalue weighted by Crippen LogP contribution is 2.19. The Bertz CT molecular complexity index is 379. The quantitative estimate of drug-likeness (QED) is 0.586. The Hall–Kier alpha value is -1.42. The number of carbonyl (C=O) groups is 1. The summed E-state index contributed by atoms with van der Waals surface area (Å²) in [4.78, 5) is 21.0. The lowest BCUT2D eigenvalue weighted by atomic mass is 10.1. The largest absolute Gasteiger partial charge is 0.469 e. The Labute approximate surface area is 92.2 Å². The van der Waals surface area contributed by atoms with Gasteiger partial charge in [0, 0.05) is 5.02 Å². The molecule has 4 nitrogen and oxygen atoms in total. The summed E-state index contributed by atoms with van der Waals surface area (Å²) >= 11 is 5.88. The first-order valence-corrected chi connectivity index (χ1v) is 4.68. The van der Waals surface area contributed by atoms with E-state index in [9.17, 15) is 9.70 Å². The van der Waals surface area contributed by atoms with Gasteiger partial charge in [-0.25, -0.2) is 0 Å². The highest BCUT2D eigenvalue weighted by molar-refractivity contribution is 6.31. The molecule has 0 heterocycles. The highest BCUT2D eigenvalue weighted by Gasteiger charge is 2.06. The second-order valence-corrected chi connectivity index (χ2v) is 3.37. The lowest BCUT2D eigenvalue weighted by molar-refractivity contribution is -0.139. The van der Waals surface area contributed by atoms with Crippen LogP contribution in [-0.4, -0.2) is 13.1 Å². The third-order valence-electron chi connectivity index (χ3n) is 1.93. The second-order valence-electron chi connectivity index (χ2n) is 2.97. The van der Waals surface area contributed by atoms with Crippen molar-refractivity contribution in [2.45, 2.75) is 13.0 Å².